The molecule has 0 fully saturated rings. The maximum Gasteiger partial charge on any atom is 0.321 e. The number of imide groups is 1. The number of carbonyl (C=O) groups is 2. The first-order chi connectivity index (χ1) is 12.7. The molecule has 26 heavy (non-hydrogen) atoms. The minimum atomic E-state index is -0.558. The molecule has 0 aliphatic carbocycles. The molecule has 0 saturated carbocycles. The minimum absolute atomic E-state index is 0.225. The van der Waals surface area contributed by atoms with Gasteiger partial charge in [0.15, 0.2) is 6.61 Å². The molecule has 3 aromatic rings. The Morgan fingerprint density at radius 2 is 1.69 bits per heavy atom. The molecule has 0 aliphatic rings. The van der Waals surface area contributed by atoms with Gasteiger partial charge in [-0.3, -0.25) is 10.1 Å². The normalized spacial score (nSPS) is 10.3. The SMILES string of the molecule is O=C(COc1cnc2ccccc2n1)NC(=O)NCCc1ccccc1. The fourth-order valence-electron chi connectivity index (χ4n) is 2.32. The van der Waals surface area contributed by atoms with Crippen molar-refractivity contribution < 1.29 is 14.3 Å². The number of nitrogens with zero attached hydrogens (tertiary/aromatic N) is 2. The summed E-state index contributed by atoms with van der Waals surface area (Å²) in [5.41, 5.74) is 2.52. The molecular formula is C19H18N4O3. The number of fused-ring (bicyclic) bond motifs is 1. The van der Waals surface area contributed by atoms with Crippen LogP contribution in [0.3, 0.4) is 0 Å². The highest BCUT2D eigenvalue weighted by Crippen LogP contribution is 2.12. The average Bonchev–Trinajstić information content (AvgIpc) is 2.67. The first-order valence-electron chi connectivity index (χ1n) is 8.17. The molecule has 0 atom stereocenters. The number of rotatable bonds is 6. The Morgan fingerprint density at radius 1 is 0.962 bits per heavy atom. The van der Waals surface area contributed by atoms with E-state index in [1.54, 1.807) is 6.07 Å². The van der Waals surface area contributed by atoms with Crippen molar-refractivity contribution in [3.8, 4) is 5.88 Å². The van der Waals surface area contributed by atoms with Gasteiger partial charge < -0.3 is 10.1 Å². The van der Waals surface area contributed by atoms with Gasteiger partial charge in [0.05, 0.1) is 17.2 Å². The Hall–Kier alpha value is -3.48. The van der Waals surface area contributed by atoms with Gasteiger partial charge in [0, 0.05) is 6.54 Å². The number of aromatic nitrogens is 2. The van der Waals surface area contributed by atoms with Crippen LogP contribution in [0.1, 0.15) is 5.56 Å². The zero-order valence-corrected chi connectivity index (χ0v) is 14.0. The average molecular weight is 350 g/mol. The number of hydrogen-bond acceptors (Lipinski definition) is 5. The van der Waals surface area contributed by atoms with Crippen LogP contribution in [0.2, 0.25) is 0 Å². The predicted molar refractivity (Wildman–Crippen MR) is 96.7 cm³/mol. The summed E-state index contributed by atoms with van der Waals surface area (Å²) in [5.74, 6) is -0.333. The van der Waals surface area contributed by atoms with E-state index in [0.717, 1.165) is 11.1 Å². The highest BCUT2D eigenvalue weighted by molar-refractivity contribution is 5.95. The van der Waals surface area contributed by atoms with Crippen molar-refractivity contribution >= 4 is 23.0 Å². The fourth-order valence-corrected chi connectivity index (χ4v) is 2.32. The second-order valence-electron chi connectivity index (χ2n) is 5.53. The maximum absolute atomic E-state index is 11.8. The second-order valence-corrected chi connectivity index (χ2v) is 5.53. The predicted octanol–water partition coefficient (Wildman–Crippen LogP) is 2.08. The van der Waals surface area contributed by atoms with Gasteiger partial charge in [0.1, 0.15) is 0 Å². The first-order valence-corrected chi connectivity index (χ1v) is 8.17. The van der Waals surface area contributed by atoms with E-state index >= 15 is 0 Å². The summed E-state index contributed by atoms with van der Waals surface area (Å²) in [7, 11) is 0. The third-order valence-electron chi connectivity index (χ3n) is 3.57. The number of benzene rings is 2. The molecule has 3 rings (SSSR count). The minimum Gasteiger partial charge on any atom is -0.466 e. The quantitative estimate of drug-likeness (QED) is 0.710. The summed E-state index contributed by atoms with van der Waals surface area (Å²) in [6.45, 7) is 0.110. The van der Waals surface area contributed by atoms with E-state index in [2.05, 4.69) is 20.6 Å². The lowest BCUT2D eigenvalue weighted by Crippen LogP contribution is -2.42. The van der Waals surface area contributed by atoms with Crippen molar-refractivity contribution in [1.82, 2.24) is 20.6 Å². The van der Waals surface area contributed by atoms with Gasteiger partial charge in [-0.25, -0.2) is 14.8 Å². The molecule has 2 aromatic carbocycles. The Labute approximate surface area is 150 Å². The number of urea groups is 1. The molecule has 0 aliphatic heterocycles. The van der Waals surface area contributed by atoms with Gasteiger partial charge in [0.25, 0.3) is 5.91 Å². The molecule has 1 aromatic heterocycles. The van der Waals surface area contributed by atoms with E-state index in [-0.39, 0.29) is 12.5 Å². The van der Waals surface area contributed by atoms with Crippen LogP contribution in [0.4, 0.5) is 4.79 Å². The van der Waals surface area contributed by atoms with Crippen LogP contribution in [-0.2, 0) is 11.2 Å². The zero-order chi connectivity index (χ0) is 18.2. The second kappa shape index (κ2) is 8.57. The van der Waals surface area contributed by atoms with Crippen LogP contribution in [0, 0.1) is 0 Å². The topological polar surface area (TPSA) is 93.2 Å². The molecule has 3 amide bonds. The molecule has 1 heterocycles. The van der Waals surface area contributed by atoms with Crippen molar-refractivity contribution in [1.29, 1.82) is 0 Å². The molecule has 0 unspecified atom stereocenters. The lowest BCUT2D eigenvalue weighted by Gasteiger charge is -2.08. The zero-order valence-electron chi connectivity index (χ0n) is 14.0. The number of nitrogens with one attached hydrogen (secondary N) is 2. The van der Waals surface area contributed by atoms with E-state index in [9.17, 15) is 9.59 Å². The van der Waals surface area contributed by atoms with Gasteiger partial charge >= 0.3 is 6.03 Å². The van der Waals surface area contributed by atoms with Gasteiger partial charge in [0.2, 0.25) is 5.88 Å². The number of ether oxygens (including phenoxy) is 1. The summed E-state index contributed by atoms with van der Waals surface area (Å²) in [5, 5.41) is 4.84. The van der Waals surface area contributed by atoms with E-state index in [1.165, 1.54) is 6.20 Å². The standard InChI is InChI=1S/C19H18N4O3/c24-17(23-19(25)20-11-10-14-6-2-1-3-7-14)13-26-18-12-21-15-8-4-5-9-16(15)22-18/h1-9,12H,10-11,13H2,(H2,20,23,24,25). The van der Waals surface area contributed by atoms with Gasteiger partial charge in [-0.2, -0.15) is 0 Å². The van der Waals surface area contributed by atoms with Crippen LogP contribution in [0.15, 0.2) is 60.8 Å². The Balaban J connectivity index is 1.40. The molecular weight excluding hydrogens is 332 g/mol. The molecule has 2 N–H and O–H groups in total. The summed E-state index contributed by atoms with van der Waals surface area (Å²) in [6.07, 6.45) is 2.13. The molecule has 0 spiro atoms. The van der Waals surface area contributed by atoms with E-state index in [1.807, 2.05) is 48.5 Å². The monoisotopic (exact) mass is 350 g/mol. The highest BCUT2D eigenvalue weighted by atomic mass is 16.5. The van der Waals surface area contributed by atoms with E-state index in [4.69, 9.17) is 4.74 Å². The largest absolute Gasteiger partial charge is 0.466 e. The van der Waals surface area contributed by atoms with Crippen LogP contribution in [0.5, 0.6) is 5.88 Å². The van der Waals surface area contributed by atoms with Crippen molar-refractivity contribution in [2.45, 2.75) is 6.42 Å². The van der Waals surface area contributed by atoms with Crippen molar-refractivity contribution in [3.63, 3.8) is 0 Å². The molecule has 0 bridgehead atoms. The van der Waals surface area contributed by atoms with Gasteiger partial charge in [-0.1, -0.05) is 42.5 Å². The van der Waals surface area contributed by atoms with Gasteiger partial charge in [-0.05, 0) is 24.1 Å². The molecule has 7 nitrogen and oxygen atoms in total. The van der Waals surface area contributed by atoms with Crippen LogP contribution in [-0.4, -0.2) is 35.1 Å². The molecule has 132 valence electrons. The Bertz CT molecular complexity index is 899. The summed E-state index contributed by atoms with van der Waals surface area (Å²) < 4.78 is 5.28. The molecule has 0 saturated heterocycles. The summed E-state index contributed by atoms with van der Waals surface area (Å²) in [6, 6.07) is 16.5. The lowest BCUT2D eigenvalue weighted by molar-refractivity contribution is -0.122. The number of para-hydroxylation sites is 2. The lowest BCUT2D eigenvalue weighted by atomic mass is 10.1. The third kappa shape index (κ3) is 5.01. The smallest absolute Gasteiger partial charge is 0.321 e. The summed E-state index contributed by atoms with van der Waals surface area (Å²) in [4.78, 5) is 31.9. The summed E-state index contributed by atoms with van der Waals surface area (Å²) >= 11 is 0. The number of amides is 3. The van der Waals surface area contributed by atoms with Crippen molar-refractivity contribution in [3.05, 3.63) is 66.4 Å². The van der Waals surface area contributed by atoms with Crippen molar-refractivity contribution in [2.75, 3.05) is 13.2 Å². The maximum atomic E-state index is 11.8. The Kier molecular flexibility index (Phi) is 5.72. The van der Waals surface area contributed by atoms with Crippen LogP contribution >= 0.6 is 0 Å². The first kappa shape index (κ1) is 17.3. The molecule has 0 radical (unpaired) electrons. The third-order valence-corrected chi connectivity index (χ3v) is 3.57. The van der Waals surface area contributed by atoms with Gasteiger partial charge in [-0.15, -0.1) is 0 Å². The molecule has 7 heteroatoms. The van der Waals surface area contributed by atoms with Crippen molar-refractivity contribution in [2.24, 2.45) is 0 Å². The van der Waals surface area contributed by atoms with Crippen LogP contribution < -0.4 is 15.4 Å². The number of carbonyl (C=O) groups excluding carboxylic acids is 2. The highest BCUT2D eigenvalue weighted by Gasteiger charge is 2.09. The van der Waals surface area contributed by atoms with E-state index < -0.39 is 11.9 Å². The van der Waals surface area contributed by atoms with E-state index in [0.29, 0.717) is 18.5 Å². The fraction of sp³-hybridized carbons (Fsp3) is 0.158. The number of hydrogen-bond donors (Lipinski definition) is 2. The van der Waals surface area contributed by atoms with Crippen LogP contribution in [0.25, 0.3) is 11.0 Å². The Morgan fingerprint density at radius 3 is 2.50 bits per heavy atom.